The maximum Gasteiger partial charge on any atom is 0.326 e. The van der Waals surface area contributed by atoms with Gasteiger partial charge in [0.05, 0.1) is 25.2 Å². The smallest absolute Gasteiger partial charge is 0.326 e. The summed E-state index contributed by atoms with van der Waals surface area (Å²) in [6.45, 7) is 3.26. The van der Waals surface area contributed by atoms with Crippen LogP contribution < -0.4 is 21.7 Å². The van der Waals surface area contributed by atoms with Gasteiger partial charge in [0.15, 0.2) is 0 Å². The minimum Gasteiger partial charge on any atom is -0.481 e. The number of carbonyl (C=O) groups excluding carboxylic acids is 3. The normalized spacial score (nSPS) is 15.1. The summed E-state index contributed by atoms with van der Waals surface area (Å²) >= 11 is 0. The summed E-state index contributed by atoms with van der Waals surface area (Å²) in [6, 6.07) is -5.82. The van der Waals surface area contributed by atoms with Crippen LogP contribution in [0.15, 0.2) is 12.5 Å². The largest absolute Gasteiger partial charge is 0.481 e. The van der Waals surface area contributed by atoms with Gasteiger partial charge in [-0.15, -0.1) is 0 Å². The third-order valence-electron chi connectivity index (χ3n) is 5.13. The molecule has 15 heteroatoms. The van der Waals surface area contributed by atoms with Crippen molar-refractivity contribution in [3.63, 3.8) is 0 Å². The monoisotopic (exact) mass is 498 g/mol. The Labute approximate surface area is 199 Å². The average Bonchev–Trinajstić information content (AvgIpc) is 3.27. The molecule has 194 valence electrons. The number of aromatic amines is 1. The van der Waals surface area contributed by atoms with Gasteiger partial charge in [0, 0.05) is 18.3 Å². The van der Waals surface area contributed by atoms with Crippen molar-refractivity contribution in [1.82, 2.24) is 25.9 Å². The van der Waals surface area contributed by atoms with Crippen LogP contribution in [0.3, 0.4) is 0 Å². The number of imidazole rings is 1. The first-order valence-corrected chi connectivity index (χ1v) is 10.7. The summed E-state index contributed by atoms with van der Waals surface area (Å²) in [5.41, 5.74) is 6.36. The number of carboxylic acids is 3. The zero-order valence-corrected chi connectivity index (χ0v) is 19.2. The van der Waals surface area contributed by atoms with E-state index in [2.05, 4.69) is 25.9 Å². The molecule has 0 fully saturated rings. The first-order valence-electron chi connectivity index (χ1n) is 10.7. The number of carboxylic acid groups (broad SMARTS) is 3. The van der Waals surface area contributed by atoms with Crippen molar-refractivity contribution in [3.8, 4) is 0 Å². The zero-order valence-electron chi connectivity index (χ0n) is 19.2. The highest BCUT2D eigenvalue weighted by molar-refractivity contribution is 5.96. The molecule has 0 spiro atoms. The lowest BCUT2D eigenvalue weighted by atomic mass is 9.97. The lowest BCUT2D eigenvalue weighted by Crippen LogP contribution is -2.59. The first-order chi connectivity index (χ1) is 16.3. The lowest BCUT2D eigenvalue weighted by Gasteiger charge is -2.27. The number of nitrogens with two attached hydrogens (primary N) is 1. The Morgan fingerprint density at radius 2 is 1.51 bits per heavy atom. The van der Waals surface area contributed by atoms with Crippen LogP contribution in [0, 0.1) is 5.92 Å². The van der Waals surface area contributed by atoms with Gasteiger partial charge in [-0.3, -0.25) is 24.0 Å². The molecule has 1 aromatic heterocycles. The second kappa shape index (κ2) is 13.6. The molecule has 1 heterocycles. The molecule has 5 unspecified atom stereocenters. The molecule has 5 atom stereocenters. The van der Waals surface area contributed by atoms with Gasteiger partial charge in [0.2, 0.25) is 17.7 Å². The number of amides is 3. The number of hydrogen-bond acceptors (Lipinski definition) is 8. The van der Waals surface area contributed by atoms with E-state index in [1.54, 1.807) is 13.8 Å². The van der Waals surface area contributed by atoms with E-state index in [1.165, 1.54) is 12.5 Å². The van der Waals surface area contributed by atoms with Crippen LogP contribution in [0.4, 0.5) is 0 Å². The molecule has 0 saturated carbocycles. The van der Waals surface area contributed by atoms with Gasteiger partial charge in [-0.1, -0.05) is 20.3 Å². The molecule has 0 bridgehead atoms. The molecule has 3 amide bonds. The SMILES string of the molecule is CCC(C)C(NC(=O)C(CC(=O)O)NC(=O)C(N)Cc1cnc[nH]1)C(=O)NC(CC(=O)O)C(=O)O. The number of nitrogens with one attached hydrogen (secondary N) is 4. The molecule has 0 aliphatic carbocycles. The Morgan fingerprint density at radius 1 is 0.943 bits per heavy atom. The van der Waals surface area contributed by atoms with Crippen molar-refractivity contribution in [1.29, 1.82) is 0 Å². The fourth-order valence-corrected chi connectivity index (χ4v) is 2.98. The van der Waals surface area contributed by atoms with Gasteiger partial charge in [0.25, 0.3) is 0 Å². The van der Waals surface area contributed by atoms with E-state index in [0.717, 1.165) is 0 Å². The van der Waals surface area contributed by atoms with Crippen LogP contribution in [-0.2, 0) is 35.2 Å². The molecule has 1 aromatic rings. The van der Waals surface area contributed by atoms with Crippen LogP contribution in [0.5, 0.6) is 0 Å². The van der Waals surface area contributed by atoms with E-state index in [0.29, 0.717) is 12.1 Å². The van der Waals surface area contributed by atoms with E-state index in [4.69, 9.17) is 15.9 Å². The number of carbonyl (C=O) groups is 6. The van der Waals surface area contributed by atoms with Gasteiger partial charge in [-0.2, -0.15) is 0 Å². The Balaban J connectivity index is 2.99. The van der Waals surface area contributed by atoms with Crippen molar-refractivity contribution in [2.45, 2.75) is 63.7 Å². The van der Waals surface area contributed by atoms with Crippen LogP contribution in [0.1, 0.15) is 38.8 Å². The Kier molecular flexibility index (Phi) is 11.3. The molecule has 0 aliphatic heterocycles. The lowest BCUT2D eigenvalue weighted by molar-refractivity contribution is -0.147. The zero-order chi connectivity index (χ0) is 26.7. The fraction of sp³-hybridized carbons (Fsp3) is 0.550. The average molecular weight is 498 g/mol. The quantitative estimate of drug-likeness (QED) is 0.129. The second-order valence-corrected chi connectivity index (χ2v) is 7.92. The summed E-state index contributed by atoms with van der Waals surface area (Å²) in [6.07, 6.45) is 1.49. The minimum atomic E-state index is -1.75. The maximum atomic E-state index is 12.8. The van der Waals surface area contributed by atoms with Crippen LogP contribution in [0.25, 0.3) is 0 Å². The molecule has 0 radical (unpaired) electrons. The Hall–Kier alpha value is -4.01. The van der Waals surface area contributed by atoms with Gasteiger partial charge in [0.1, 0.15) is 18.1 Å². The Bertz CT molecular complexity index is 920. The summed E-state index contributed by atoms with van der Waals surface area (Å²) < 4.78 is 0. The number of hydrogen-bond donors (Lipinski definition) is 8. The van der Waals surface area contributed by atoms with Crippen molar-refractivity contribution >= 4 is 35.6 Å². The van der Waals surface area contributed by atoms with E-state index in [9.17, 15) is 33.9 Å². The van der Waals surface area contributed by atoms with Crippen molar-refractivity contribution in [2.75, 3.05) is 0 Å². The highest BCUT2D eigenvalue weighted by Gasteiger charge is 2.34. The van der Waals surface area contributed by atoms with Crippen LogP contribution in [0.2, 0.25) is 0 Å². The number of aliphatic carboxylic acids is 3. The molecule has 35 heavy (non-hydrogen) atoms. The molecule has 9 N–H and O–H groups in total. The molecular formula is C20H30N6O9. The van der Waals surface area contributed by atoms with Crippen LogP contribution in [-0.4, -0.2) is 85.1 Å². The predicted octanol–water partition coefficient (Wildman–Crippen LogP) is -2.19. The van der Waals surface area contributed by atoms with Crippen molar-refractivity contribution < 1.29 is 44.1 Å². The highest BCUT2D eigenvalue weighted by Crippen LogP contribution is 2.10. The van der Waals surface area contributed by atoms with E-state index in [1.807, 2.05) is 0 Å². The van der Waals surface area contributed by atoms with Gasteiger partial charge < -0.3 is 42.0 Å². The molecule has 0 aliphatic rings. The van der Waals surface area contributed by atoms with Gasteiger partial charge >= 0.3 is 17.9 Å². The van der Waals surface area contributed by atoms with E-state index < -0.39 is 78.6 Å². The molecule has 0 saturated heterocycles. The fourth-order valence-electron chi connectivity index (χ4n) is 2.98. The third-order valence-corrected chi connectivity index (χ3v) is 5.13. The van der Waals surface area contributed by atoms with Crippen LogP contribution >= 0.6 is 0 Å². The first kappa shape index (κ1) is 29.0. The highest BCUT2D eigenvalue weighted by atomic mass is 16.4. The van der Waals surface area contributed by atoms with Gasteiger partial charge in [-0.05, 0) is 5.92 Å². The van der Waals surface area contributed by atoms with E-state index in [-0.39, 0.29) is 6.42 Å². The summed E-state index contributed by atoms with van der Waals surface area (Å²) in [7, 11) is 0. The Morgan fingerprint density at radius 3 is 2.00 bits per heavy atom. The molecular weight excluding hydrogens is 468 g/mol. The molecule has 0 aromatic carbocycles. The predicted molar refractivity (Wildman–Crippen MR) is 118 cm³/mol. The summed E-state index contributed by atoms with van der Waals surface area (Å²) in [4.78, 5) is 78.0. The van der Waals surface area contributed by atoms with Gasteiger partial charge in [-0.25, -0.2) is 9.78 Å². The number of H-pyrrole nitrogens is 1. The third kappa shape index (κ3) is 9.79. The van der Waals surface area contributed by atoms with Crippen molar-refractivity contribution in [3.05, 3.63) is 18.2 Å². The summed E-state index contributed by atoms with van der Waals surface area (Å²) in [5, 5.41) is 33.8. The molecule has 15 nitrogen and oxygen atoms in total. The number of rotatable bonds is 15. The molecule has 1 rings (SSSR count). The summed E-state index contributed by atoms with van der Waals surface area (Å²) in [5.74, 6) is -7.82. The standard InChI is InChI=1S/C20H30N6O9/c1-3-9(2)16(19(33)25-13(20(34)35)6-15(29)30)26-18(32)12(5-14(27)28)24-17(31)11(21)4-10-7-22-8-23-10/h7-9,11-13,16H,3-6,21H2,1-2H3,(H,22,23)(H,24,31)(H,25,33)(H,26,32)(H,27,28)(H,29,30)(H,34,35). The second-order valence-electron chi connectivity index (χ2n) is 7.92. The topological polar surface area (TPSA) is 254 Å². The van der Waals surface area contributed by atoms with E-state index >= 15 is 0 Å². The number of nitrogens with zero attached hydrogens (tertiary/aromatic N) is 1. The van der Waals surface area contributed by atoms with Crippen molar-refractivity contribution in [2.24, 2.45) is 11.7 Å². The maximum absolute atomic E-state index is 12.8. The number of aromatic nitrogens is 2. The minimum absolute atomic E-state index is 0.0330.